The van der Waals surface area contributed by atoms with Crippen LogP contribution in [0.5, 0.6) is 5.75 Å². The van der Waals surface area contributed by atoms with Gasteiger partial charge in [-0.3, -0.25) is 19.3 Å². The summed E-state index contributed by atoms with van der Waals surface area (Å²) in [6.07, 6.45) is -1.62. The molecule has 1 aromatic carbocycles. The highest BCUT2D eigenvalue weighted by atomic mass is 16.4. The van der Waals surface area contributed by atoms with E-state index in [-0.39, 0.29) is 11.3 Å². The Hall–Kier alpha value is -3.47. The molecule has 3 aliphatic rings. The number of carbonyl (C=O) groups is 3. The predicted molar refractivity (Wildman–Crippen MR) is 125 cm³/mol. The van der Waals surface area contributed by atoms with Gasteiger partial charge in [-0.05, 0) is 38.1 Å². The van der Waals surface area contributed by atoms with Crippen LogP contribution in [0.4, 0.5) is 0 Å². The molecule has 6 atom stereocenters. The van der Waals surface area contributed by atoms with Crippen molar-refractivity contribution in [3.8, 4) is 5.75 Å². The Morgan fingerprint density at radius 2 is 1.77 bits per heavy atom. The van der Waals surface area contributed by atoms with E-state index in [2.05, 4.69) is 6.58 Å². The number of aliphatic hydroxyl groups excluding tert-OH is 3. The van der Waals surface area contributed by atoms with Crippen molar-refractivity contribution in [2.75, 3.05) is 14.1 Å². The molecular weight excluding hydrogens is 456 g/mol. The van der Waals surface area contributed by atoms with Crippen LogP contribution < -0.4 is 5.73 Å². The van der Waals surface area contributed by atoms with Crippen LogP contribution in [-0.4, -0.2) is 79.7 Å². The summed E-state index contributed by atoms with van der Waals surface area (Å²) < 4.78 is 0. The molecule has 1 saturated carbocycles. The summed E-state index contributed by atoms with van der Waals surface area (Å²) in [4.78, 5) is 40.3. The minimum atomic E-state index is -2.93. The van der Waals surface area contributed by atoms with Crippen LogP contribution in [0.1, 0.15) is 36.5 Å². The first-order chi connectivity index (χ1) is 16.2. The number of phenols is 1. The van der Waals surface area contributed by atoms with E-state index in [1.807, 2.05) is 0 Å². The highest BCUT2D eigenvalue weighted by molar-refractivity contribution is 6.24. The van der Waals surface area contributed by atoms with Crippen LogP contribution >= 0.6 is 0 Å². The average Bonchev–Trinajstić information content (AvgIpc) is 2.75. The number of hydrogen-bond acceptors (Lipinski definition) is 9. The maximum Gasteiger partial charge on any atom is 0.255 e. The number of hydrogen-bond donors (Lipinski definition) is 6. The van der Waals surface area contributed by atoms with Gasteiger partial charge in [-0.1, -0.05) is 25.6 Å². The number of primary amides is 1. The number of aliphatic hydroxyl groups is 4. The standard InChI is InChI=1S/C25H28N2O8/c1-8(2)10-6-7-11-9(3)12-14(19(29)13(11)18(10)28)22(32)25(35)16(20(12)30)17(27(4)5)21(31)15(23(25)33)24(26)34/h6-7,9,12,16-17,20,28-30,33,35H,1H2,2-5H3,(H2,26,34)/t9-,12+,16+,17?,20-,25-/m0/s1. The Bertz CT molecular complexity index is 1280. The molecule has 0 heterocycles. The van der Waals surface area contributed by atoms with Crippen LogP contribution in [0.2, 0.25) is 0 Å². The molecule has 1 aromatic rings. The van der Waals surface area contributed by atoms with Gasteiger partial charge in [-0.15, -0.1) is 0 Å². The Morgan fingerprint density at radius 3 is 2.29 bits per heavy atom. The summed E-state index contributed by atoms with van der Waals surface area (Å²) >= 11 is 0. The molecule has 7 N–H and O–H groups in total. The van der Waals surface area contributed by atoms with E-state index in [1.165, 1.54) is 19.0 Å². The second-order valence-corrected chi connectivity index (χ2v) is 9.76. The highest BCUT2D eigenvalue weighted by Crippen LogP contribution is 2.56. The maximum absolute atomic E-state index is 13.9. The van der Waals surface area contributed by atoms with Crippen molar-refractivity contribution >= 4 is 28.8 Å². The summed E-state index contributed by atoms with van der Waals surface area (Å²) in [6.45, 7) is 7.12. The fourth-order valence-corrected chi connectivity index (χ4v) is 5.96. The average molecular weight is 485 g/mol. The monoisotopic (exact) mass is 484 g/mol. The molecule has 3 aliphatic carbocycles. The molecule has 0 aliphatic heterocycles. The Morgan fingerprint density at radius 1 is 1.17 bits per heavy atom. The second kappa shape index (κ2) is 7.77. The van der Waals surface area contributed by atoms with E-state index >= 15 is 0 Å². The van der Waals surface area contributed by atoms with E-state index in [0.717, 1.165) is 0 Å². The molecular formula is C25H28N2O8. The van der Waals surface area contributed by atoms with E-state index in [1.54, 1.807) is 26.0 Å². The van der Waals surface area contributed by atoms with Crippen LogP contribution in [0.15, 0.2) is 35.6 Å². The molecule has 4 rings (SSSR count). The lowest BCUT2D eigenvalue weighted by atomic mass is 9.54. The van der Waals surface area contributed by atoms with E-state index in [9.17, 15) is 39.9 Å². The molecule has 0 radical (unpaired) electrons. The van der Waals surface area contributed by atoms with Gasteiger partial charge in [0.15, 0.2) is 11.4 Å². The van der Waals surface area contributed by atoms with Gasteiger partial charge < -0.3 is 31.3 Å². The van der Waals surface area contributed by atoms with Gasteiger partial charge in [0.05, 0.1) is 23.6 Å². The number of allylic oxidation sites excluding steroid dienone is 1. The van der Waals surface area contributed by atoms with E-state index < -0.39 is 75.6 Å². The quantitative estimate of drug-likeness (QED) is 0.333. The zero-order valence-corrected chi connectivity index (χ0v) is 19.7. The zero-order valence-electron chi connectivity index (χ0n) is 19.7. The van der Waals surface area contributed by atoms with Crippen LogP contribution in [0.25, 0.3) is 11.3 Å². The first-order valence-electron chi connectivity index (χ1n) is 11.0. The smallest absolute Gasteiger partial charge is 0.255 e. The third-order valence-corrected chi connectivity index (χ3v) is 7.59. The number of fused-ring (bicyclic) bond motifs is 3. The fourth-order valence-electron chi connectivity index (χ4n) is 5.96. The molecule has 0 spiro atoms. The fraction of sp³-hybridized carbons (Fsp3) is 0.400. The van der Waals surface area contributed by atoms with Crippen molar-refractivity contribution in [1.82, 2.24) is 4.90 Å². The van der Waals surface area contributed by atoms with Crippen molar-refractivity contribution in [2.45, 2.75) is 37.5 Å². The highest BCUT2D eigenvalue weighted by Gasteiger charge is 2.68. The summed E-state index contributed by atoms with van der Waals surface area (Å²) in [5.74, 6) is -9.06. The van der Waals surface area contributed by atoms with Gasteiger partial charge in [0.2, 0.25) is 5.78 Å². The van der Waals surface area contributed by atoms with Gasteiger partial charge in [-0.25, -0.2) is 0 Å². The number of benzene rings is 1. The lowest BCUT2D eigenvalue weighted by Crippen LogP contribution is -2.70. The van der Waals surface area contributed by atoms with Crippen molar-refractivity contribution in [1.29, 1.82) is 0 Å². The molecule has 10 nitrogen and oxygen atoms in total. The molecule has 1 unspecified atom stereocenters. The molecule has 0 saturated heterocycles. The minimum Gasteiger partial charge on any atom is -0.508 e. The van der Waals surface area contributed by atoms with Gasteiger partial charge in [0, 0.05) is 17.1 Å². The molecule has 0 aromatic heterocycles. The number of aromatic hydroxyl groups is 1. The Kier molecular flexibility index (Phi) is 5.47. The maximum atomic E-state index is 13.9. The Labute approximate surface area is 201 Å². The molecule has 0 bridgehead atoms. The molecule has 1 amide bonds. The van der Waals surface area contributed by atoms with Crippen LogP contribution in [0.3, 0.4) is 0 Å². The first-order valence-corrected chi connectivity index (χ1v) is 11.0. The number of amides is 1. The minimum absolute atomic E-state index is 0.0542. The first kappa shape index (κ1) is 24.6. The Balaban J connectivity index is 2.07. The van der Waals surface area contributed by atoms with Crippen LogP contribution in [-0.2, 0) is 14.4 Å². The lowest BCUT2D eigenvalue weighted by Gasteiger charge is -2.53. The van der Waals surface area contributed by atoms with Crippen molar-refractivity contribution < 1.29 is 39.9 Å². The predicted octanol–water partition coefficient (Wildman–Crippen LogP) is 0.529. The molecule has 186 valence electrons. The number of ketones is 2. The number of phenolic OH excluding ortho intramolecular Hbond substituents is 1. The van der Waals surface area contributed by atoms with E-state index in [4.69, 9.17) is 5.73 Å². The second-order valence-electron chi connectivity index (χ2n) is 9.76. The third-order valence-electron chi connectivity index (χ3n) is 7.59. The molecule has 35 heavy (non-hydrogen) atoms. The lowest BCUT2D eigenvalue weighted by molar-refractivity contribution is -0.169. The van der Waals surface area contributed by atoms with Gasteiger partial charge in [-0.2, -0.15) is 0 Å². The van der Waals surface area contributed by atoms with E-state index in [0.29, 0.717) is 16.7 Å². The van der Waals surface area contributed by atoms with Crippen molar-refractivity contribution in [3.05, 3.63) is 52.3 Å². The SMILES string of the molecule is C=C(C)c1ccc2c(c1O)C(O)=C1C(=O)[C@]3(O)C(O)=C(C(N)=O)C(=O)C(N(C)C)[C@@H]3[C@@H](O)[C@@H]1[C@H]2C. The number of rotatable bonds is 3. The summed E-state index contributed by atoms with van der Waals surface area (Å²) in [5, 5.41) is 56.1. The van der Waals surface area contributed by atoms with Crippen molar-refractivity contribution in [3.63, 3.8) is 0 Å². The number of nitrogens with two attached hydrogens (primary N) is 1. The van der Waals surface area contributed by atoms with Crippen LogP contribution in [0, 0.1) is 11.8 Å². The summed E-state index contributed by atoms with van der Waals surface area (Å²) in [6, 6.07) is 1.88. The number of likely N-dealkylation sites (N-methyl/N-ethyl adjacent to an activating group) is 1. The van der Waals surface area contributed by atoms with Crippen molar-refractivity contribution in [2.24, 2.45) is 17.6 Å². The largest absolute Gasteiger partial charge is 0.508 e. The molecule has 10 heteroatoms. The van der Waals surface area contributed by atoms with Gasteiger partial charge >= 0.3 is 0 Å². The number of carbonyl (C=O) groups excluding carboxylic acids is 3. The normalized spacial score (nSPS) is 32.4. The number of nitrogens with zero attached hydrogens (tertiary/aromatic N) is 1. The third kappa shape index (κ3) is 2.97. The topological polar surface area (TPSA) is 182 Å². The number of Topliss-reactive ketones (excluding diaryl/α,β-unsaturated/α-hetero) is 2. The summed E-state index contributed by atoms with van der Waals surface area (Å²) in [5.41, 5.74) is 2.22. The zero-order chi connectivity index (χ0) is 26.3. The van der Waals surface area contributed by atoms with Gasteiger partial charge in [0.1, 0.15) is 22.8 Å². The molecule has 1 fully saturated rings. The van der Waals surface area contributed by atoms with Gasteiger partial charge in [0.25, 0.3) is 5.91 Å². The summed E-state index contributed by atoms with van der Waals surface area (Å²) in [7, 11) is 2.92.